The van der Waals surface area contributed by atoms with Gasteiger partial charge in [-0.05, 0) is 44.0 Å². The molecule has 0 radical (unpaired) electrons. The van der Waals surface area contributed by atoms with E-state index in [-0.39, 0.29) is 5.97 Å². The van der Waals surface area contributed by atoms with Crippen LogP contribution < -0.4 is 5.32 Å². The molecule has 4 nitrogen and oxygen atoms in total. The van der Waals surface area contributed by atoms with Gasteiger partial charge in [0.25, 0.3) is 0 Å². The number of esters is 1. The van der Waals surface area contributed by atoms with Gasteiger partial charge in [0.15, 0.2) is 0 Å². The van der Waals surface area contributed by atoms with Gasteiger partial charge in [-0.1, -0.05) is 12.1 Å². The van der Waals surface area contributed by atoms with Gasteiger partial charge in [0.05, 0.1) is 13.7 Å². The maximum Gasteiger partial charge on any atom is 0.341 e. The second-order valence-corrected chi connectivity index (χ2v) is 4.85. The summed E-state index contributed by atoms with van der Waals surface area (Å²) in [5.74, 6) is 0.919. The summed E-state index contributed by atoms with van der Waals surface area (Å²) >= 11 is 0. The van der Waals surface area contributed by atoms with E-state index in [1.807, 2.05) is 0 Å². The number of hydrogen-bond acceptors (Lipinski definition) is 4. The van der Waals surface area contributed by atoms with Crippen LogP contribution >= 0.6 is 0 Å². The SMILES string of the molecule is COC(=O)c1cc(CNc2cc(C)ccc2C)oc1C. The molecule has 0 fully saturated rings. The van der Waals surface area contributed by atoms with Crippen LogP contribution in [-0.4, -0.2) is 13.1 Å². The van der Waals surface area contributed by atoms with Gasteiger partial charge in [-0.2, -0.15) is 0 Å². The quantitative estimate of drug-likeness (QED) is 0.865. The number of benzene rings is 1. The van der Waals surface area contributed by atoms with E-state index >= 15 is 0 Å². The van der Waals surface area contributed by atoms with Crippen molar-refractivity contribution < 1.29 is 13.9 Å². The molecule has 0 atom stereocenters. The van der Waals surface area contributed by atoms with Gasteiger partial charge >= 0.3 is 5.97 Å². The highest BCUT2D eigenvalue weighted by atomic mass is 16.5. The van der Waals surface area contributed by atoms with Crippen molar-refractivity contribution in [1.29, 1.82) is 0 Å². The molecule has 1 heterocycles. The monoisotopic (exact) mass is 273 g/mol. The molecule has 2 aromatic rings. The number of methoxy groups -OCH3 is 1. The molecule has 1 aromatic carbocycles. The predicted octanol–water partition coefficient (Wildman–Crippen LogP) is 3.60. The summed E-state index contributed by atoms with van der Waals surface area (Å²) in [5.41, 5.74) is 3.92. The minimum Gasteiger partial charge on any atom is -0.465 e. The van der Waals surface area contributed by atoms with Crippen LogP contribution in [0.3, 0.4) is 0 Å². The van der Waals surface area contributed by atoms with Crippen molar-refractivity contribution in [3.05, 3.63) is 52.5 Å². The third-order valence-electron chi connectivity index (χ3n) is 3.22. The van der Waals surface area contributed by atoms with Crippen LogP contribution in [0.1, 0.15) is 33.0 Å². The number of nitrogens with one attached hydrogen (secondary N) is 1. The Bertz CT molecular complexity index is 629. The molecule has 0 aliphatic heterocycles. The van der Waals surface area contributed by atoms with Gasteiger partial charge in [-0.25, -0.2) is 4.79 Å². The van der Waals surface area contributed by atoms with E-state index in [2.05, 4.69) is 37.4 Å². The van der Waals surface area contributed by atoms with Crippen LogP contribution in [0.15, 0.2) is 28.7 Å². The van der Waals surface area contributed by atoms with E-state index in [9.17, 15) is 4.79 Å². The van der Waals surface area contributed by atoms with E-state index in [0.29, 0.717) is 23.6 Å². The zero-order valence-corrected chi connectivity index (χ0v) is 12.2. The highest BCUT2D eigenvalue weighted by Gasteiger charge is 2.15. The standard InChI is InChI=1S/C16H19NO3/c1-10-5-6-11(2)15(7-10)17-9-13-8-14(12(3)20-13)16(18)19-4/h5-8,17H,9H2,1-4H3. The van der Waals surface area contributed by atoms with Crippen molar-refractivity contribution in [3.63, 3.8) is 0 Å². The molecule has 2 rings (SSSR count). The molecule has 106 valence electrons. The Morgan fingerprint density at radius 3 is 2.70 bits per heavy atom. The first-order valence-corrected chi connectivity index (χ1v) is 6.50. The fourth-order valence-corrected chi connectivity index (χ4v) is 2.05. The lowest BCUT2D eigenvalue weighted by Crippen LogP contribution is -2.02. The zero-order valence-electron chi connectivity index (χ0n) is 12.2. The molecule has 0 aliphatic rings. The summed E-state index contributed by atoms with van der Waals surface area (Å²) in [6.45, 7) is 6.39. The minimum absolute atomic E-state index is 0.371. The maximum absolute atomic E-state index is 11.5. The van der Waals surface area contributed by atoms with Crippen molar-refractivity contribution in [2.45, 2.75) is 27.3 Å². The Morgan fingerprint density at radius 2 is 2.00 bits per heavy atom. The largest absolute Gasteiger partial charge is 0.465 e. The Kier molecular flexibility index (Phi) is 4.13. The van der Waals surface area contributed by atoms with Crippen molar-refractivity contribution in [2.24, 2.45) is 0 Å². The highest BCUT2D eigenvalue weighted by molar-refractivity contribution is 5.90. The van der Waals surface area contributed by atoms with Gasteiger partial charge in [0.2, 0.25) is 0 Å². The normalized spacial score (nSPS) is 10.4. The van der Waals surface area contributed by atoms with Crippen molar-refractivity contribution in [3.8, 4) is 0 Å². The Labute approximate surface area is 118 Å². The number of carbonyl (C=O) groups excluding carboxylic acids is 1. The Morgan fingerprint density at radius 1 is 1.25 bits per heavy atom. The lowest BCUT2D eigenvalue weighted by Gasteiger charge is -2.08. The van der Waals surface area contributed by atoms with Crippen LogP contribution in [0, 0.1) is 20.8 Å². The molecule has 0 saturated heterocycles. The van der Waals surface area contributed by atoms with Crippen LogP contribution in [0.4, 0.5) is 5.69 Å². The van der Waals surface area contributed by atoms with Gasteiger partial charge in [0.1, 0.15) is 17.1 Å². The first kappa shape index (κ1) is 14.2. The Hall–Kier alpha value is -2.23. The highest BCUT2D eigenvalue weighted by Crippen LogP contribution is 2.20. The zero-order chi connectivity index (χ0) is 14.7. The number of ether oxygens (including phenoxy) is 1. The number of aryl methyl sites for hydroxylation is 3. The molecule has 0 bridgehead atoms. The molecule has 1 N–H and O–H groups in total. The molecule has 0 aliphatic carbocycles. The van der Waals surface area contributed by atoms with E-state index in [0.717, 1.165) is 5.69 Å². The van der Waals surface area contributed by atoms with Crippen LogP contribution in [-0.2, 0) is 11.3 Å². The second kappa shape index (κ2) is 5.82. The number of hydrogen-bond donors (Lipinski definition) is 1. The van der Waals surface area contributed by atoms with Crippen LogP contribution in [0.25, 0.3) is 0 Å². The average molecular weight is 273 g/mol. The van der Waals surface area contributed by atoms with Crippen LogP contribution in [0.2, 0.25) is 0 Å². The molecular weight excluding hydrogens is 254 g/mol. The summed E-state index contributed by atoms with van der Waals surface area (Å²) in [4.78, 5) is 11.5. The summed E-state index contributed by atoms with van der Waals surface area (Å²) in [6, 6.07) is 7.96. The summed E-state index contributed by atoms with van der Waals surface area (Å²) < 4.78 is 10.3. The van der Waals surface area contributed by atoms with E-state index in [1.54, 1.807) is 13.0 Å². The molecule has 0 unspecified atom stereocenters. The summed E-state index contributed by atoms with van der Waals surface area (Å²) in [7, 11) is 1.36. The van der Waals surface area contributed by atoms with E-state index < -0.39 is 0 Å². The molecule has 20 heavy (non-hydrogen) atoms. The molecular formula is C16H19NO3. The third-order valence-corrected chi connectivity index (χ3v) is 3.22. The number of furan rings is 1. The average Bonchev–Trinajstić information content (AvgIpc) is 2.80. The Balaban J connectivity index is 2.11. The lowest BCUT2D eigenvalue weighted by atomic mass is 10.1. The summed E-state index contributed by atoms with van der Waals surface area (Å²) in [6.07, 6.45) is 0. The topological polar surface area (TPSA) is 51.5 Å². The second-order valence-electron chi connectivity index (χ2n) is 4.85. The first-order chi connectivity index (χ1) is 9.51. The fourth-order valence-electron chi connectivity index (χ4n) is 2.05. The lowest BCUT2D eigenvalue weighted by molar-refractivity contribution is 0.0599. The molecule has 0 spiro atoms. The van der Waals surface area contributed by atoms with Crippen LogP contribution in [0.5, 0.6) is 0 Å². The molecule has 0 saturated carbocycles. The van der Waals surface area contributed by atoms with E-state index in [4.69, 9.17) is 9.15 Å². The number of rotatable bonds is 4. The van der Waals surface area contributed by atoms with Crippen molar-refractivity contribution in [2.75, 3.05) is 12.4 Å². The molecule has 1 aromatic heterocycles. The van der Waals surface area contributed by atoms with Gasteiger partial charge in [-0.15, -0.1) is 0 Å². The third kappa shape index (κ3) is 3.02. The summed E-state index contributed by atoms with van der Waals surface area (Å²) in [5, 5.41) is 3.32. The first-order valence-electron chi connectivity index (χ1n) is 6.50. The maximum atomic E-state index is 11.5. The molecule has 0 amide bonds. The fraction of sp³-hybridized carbons (Fsp3) is 0.312. The number of anilines is 1. The van der Waals surface area contributed by atoms with Gasteiger partial charge < -0.3 is 14.5 Å². The van der Waals surface area contributed by atoms with E-state index in [1.165, 1.54) is 18.2 Å². The molecule has 4 heteroatoms. The van der Waals surface area contributed by atoms with Crippen molar-refractivity contribution in [1.82, 2.24) is 0 Å². The smallest absolute Gasteiger partial charge is 0.341 e. The van der Waals surface area contributed by atoms with Gasteiger partial charge in [0, 0.05) is 5.69 Å². The minimum atomic E-state index is -0.371. The van der Waals surface area contributed by atoms with Crippen molar-refractivity contribution >= 4 is 11.7 Å². The van der Waals surface area contributed by atoms with Gasteiger partial charge in [-0.3, -0.25) is 0 Å². The number of carbonyl (C=O) groups is 1. The predicted molar refractivity (Wildman–Crippen MR) is 78.0 cm³/mol.